The maximum absolute atomic E-state index is 12.7. The lowest BCUT2D eigenvalue weighted by atomic mass is 10.0. The van der Waals surface area contributed by atoms with Gasteiger partial charge < -0.3 is 5.11 Å². The Kier molecular flexibility index (Phi) is 3.27. The summed E-state index contributed by atoms with van der Waals surface area (Å²) in [6.45, 7) is 0.310. The van der Waals surface area contributed by atoms with E-state index in [1.165, 1.54) is 11.3 Å². The lowest BCUT2D eigenvalue weighted by Gasteiger charge is -2.28. The molecule has 0 fully saturated rings. The van der Waals surface area contributed by atoms with Crippen LogP contribution < -0.4 is 5.32 Å². The molecule has 0 saturated heterocycles. The van der Waals surface area contributed by atoms with Crippen LogP contribution in [0.4, 0.5) is 13.2 Å². The monoisotopic (exact) mass is 293 g/mol. The van der Waals surface area contributed by atoms with Gasteiger partial charge in [-0.25, -0.2) is 9.78 Å². The van der Waals surface area contributed by atoms with Crippen molar-refractivity contribution in [3.8, 4) is 0 Å². The van der Waals surface area contributed by atoms with E-state index in [4.69, 9.17) is 5.11 Å². The molecule has 2 aromatic rings. The van der Waals surface area contributed by atoms with Crippen LogP contribution in [0.2, 0.25) is 0 Å². The minimum Gasteiger partial charge on any atom is -0.480 e. The van der Waals surface area contributed by atoms with Crippen LogP contribution >= 0.6 is 11.3 Å². The molecule has 0 bridgehead atoms. The van der Waals surface area contributed by atoms with E-state index in [-0.39, 0.29) is 6.54 Å². The lowest BCUT2D eigenvalue weighted by molar-refractivity contribution is -0.206. The van der Waals surface area contributed by atoms with Gasteiger partial charge in [-0.05, 0) is 6.92 Å². The van der Waals surface area contributed by atoms with E-state index in [1.54, 1.807) is 22.2 Å². The van der Waals surface area contributed by atoms with Crippen LogP contribution in [-0.2, 0) is 11.3 Å². The summed E-state index contributed by atoms with van der Waals surface area (Å²) in [7, 11) is 0. The average Bonchev–Trinajstić information content (AvgIpc) is 2.83. The van der Waals surface area contributed by atoms with Gasteiger partial charge in [0.2, 0.25) is 5.54 Å². The Morgan fingerprint density at radius 3 is 2.79 bits per heavy atom. The second kappa shape index (κ2) is 4.49. The first kappa shape index (κ1) is 13.8. The van der Waals surface area contributed by atoms with Crippen molar-refractivity contribution < 1.29 is 23.1 Å². The van der Waals surface area contributed by atoms with Crippen molar-refractivity contribution in [2.24, 2.45) is 0 Å². The number of imidazole rings is 1. The van der Waals surface area contributed by atoms with Crippen molar-refractivity contribution >= 4 is 22.3 Å². The van der Waals surface area contributed by atoms with Gasteiger partial charge in [-0.15, -0.1) is 11.3 Å². The van der Waals surface area contributed by atoms with Crippen molar-refractivity contribution in [2.45, 2.75) is 25.2 Å². The third-order valence-electron chi connectivity index (χ3n) is 2.76. The summed E-state index contributed by atoms with van der Waals surface area (Å²) in [6, 6.07) is 0. The van der Waals surface area contributed by atoms with Crippen LogP contribution in [-0.4, -0.2) is 32.2 Å². The van der Waals surface area contributed by atoms with Crippen LogP contribution in [0.15, 0.2) is 17.8 Å². The minimum absolute atomic E-state index is 0.281. The molecule has 1 unspecified atom stereocenters. The molecule has 0 aliphatic rings. The number of halogens is 3. The van der Waals surface area contributed by atoms with Gasteiger partial charge in [-0.2, -0.15) is 13.2 Å². The number of aliphatic carboxylic acids is 1. The van der Waals surface area contributed by atoms with Gasteiger partial charge in [0.05, 0.1) is 5.69 Å². The molecule has 0 aromatic carbocycles. The van der Waals surface area contributed by atoms with Crippen LogP contribution in [0.3, 0.4) is 0 Å². The number of nitrogens with one attached hydrogen (secondary N) is 1. The number of aromatic nitrogens is 2. The molecular weight excluding hydrogens is 283 g/mol. The molecule has 2 aromatic heterocycles. The van der Waals surface area contributed by atoms with Crippen molar-refractivity contribution in [3.63, 3.8) is 0 Å². The van der Waals surface area contributed by atoms with Gasteiger partial charge >= 0.3 is 12.1 Å². The quantitative estimate of drug-likeness (QED) is 0.903. The molecule has 2 heterocycles. The highest BCUT2D eigenvalue weighted by atomic mass is 32.1. The first-order valence-electron chi connectivity index (χ1n) is 5.20. The highest BCUT2D eigenvalue weighted by molar-refractivity contribution is 7.15. The van der Waals surface area contributed by atoms with E-state index < -0.39 is 17.7 Å². The third kappa shape index (κ3) is 2.43. The number of hydrogen-bond donors (Lipinski definition) is 2. The first-order chi connectivity index (χ1) is 8.74. The van der Waals surface area contributed by atoms with Crippen molar-refractivity contribution in [1.29, 1.82) is 0 Å². The van der Waals surface area contributed by atoms with Crippen molar-refractivity contribution in [1.82, 2.24) is 14.7 Å². The molecule has 1 atom stereocenters. The molecule has 0 radical (unpaired) electrons. The predicted octanol–water partition coefficient (Wildman–Crippen LogP) is 1.89. The second-order valence-corrected chi connectivity index (χ2v) is 4.98. The van der Waals surface area contributed by atoms with Gasteiger partial charge in [0.15, 0.2) is 4.96 Å². The average molecular weight is 293 g/mol. The smallest absolute Gasteiger partial charge is 0.417 e. The topological polar surface area (TPSA) is 66.6 Å². The van der Waals surface area contributed by atoms with Crippen LogP contribution in [0.1, 0.15) is 12.6 Å². The molecule has 2 N–H and O–H groups in total. The maximum Gasteiger partial charge on any atom is 0.417 e. The number of nitrogens with zero attached hydrogens (tertiary/aromatic N) is 2. The molecule has 0 saturated carbocycles. The molecule has 5 nitrogen and oxygen atoms in total. The van der Waals surface area contributed by atoms with Gasteiger partial charge in [0.25, 0.3) is 0 Å². The first-order valence-corrected chi connectivity index (χ1v) is 6.08. The van der Waals surface area contributed by atoms with Crippen LogP contribution in [0.5, 0.6) is 0 Å². The summed E-state index contributed by atoms with van der Waals surface area (Å²) < 4.78 is 39.9. The zero-order chi connectivity index (χ0) is 14.3. The number of hydrogen-bond acceptors (Lipinski definition) is 4. The zero-order valence-corrected chi connectivity index (χ0v) is 10.5. The number of carbonyl (C=O) groups is 1. The SMILES string of the molecule is CC(NCc1cn2ccsc2n1)(C(=O)O)C(F)(F)F. The Hall–Kier alpha value is -1.61. The highest BCUT2D eigenvalue weighted by Gasteiger charge is 2.57. The summed E-state index contributed by atoms with van der Waals surface area (Å²) in [5.41, 5.74) is -2.65. The van der Waals surface area contributed by atoms with Gasteiger partial charge in [0.1, 0.15) is 0 Å². The van der Waals surface area contributed by atoms with E-state index in [0.717, 1.165) is 0 Å². The molecule has 0 amide bonds. The largest absolute Gasteiger partial charge is 0.480 e. The summed E-state index contributed by atoms with van der Waals surface area (Å²) in [5, 5.41) is 12.5. The zero-order valence-electron chi connectivity index (χ0n) is 9.73. The fourth-order valence-corrected chi connectivity index (χ4v) is 2.14. The van der Waals surface area contributed by atoms with Crippen LogP contribution in [0, 0.1) is 0 Å². The molecule has 19 heavy (non-hydrogen) atoms. The van der Waals surface area contributed by atoms with Crippen molar-refractivity contribution in [3.05, 3.63) is 23.5 Å². The number of alkyl halides is 3. The summed E-state index contributed by atoms with van der Waals surface area (Å²) in [6.07, 6.45) is -1.62. The van der Waals surface area contributed by atoms with E-state index in [1.807, 2.05) is 5.32 Å². The maximum atomic E-state index is 12.7. The molecular formula is C10H10F3N3O2S. The minimum atomic E-state index is -4.89. The highest BCUT2D eigenvalue weighted by Crippen LogP contribution is 2.30. The Balaban J connectivity index is 2.15. The molecule has 0 aliphatic heterocycles. The van der Waals surface area contributed by atoms with Gasteiger partial charge in [-0.3, -0.25) is 9.72 Å². The van der Waals surface area contributed by atoms with E-state index in [9.17, 15) is 18.0 Å². The van der Waals surface area contributed by atoms with Gasteiger partial charge in [0, 0.05) is 24.3 Å². The number of rotatable bonds is 4. The van der Waals surface area contributed by atoms with E-state index in [0.29, 0.717) is 17.6 Å². The van der Waals surface area contributed by atoms with Crippen LogP contribution in [0.25, 0.3) is 4.96 Å². The number of thiazole rings is 1. The van der Waals surface area contributed by atoms with Gasteiger partial charge in [-0.1, -0.05) is 0 Å². The number of carboxylic acids is 1. The third-order valence-corrected chi connectivity index (χ3v) is 3.53. The second-order valence-electron chi connectivity index (χ2n) is 4.11. The molecule has 104 valence electrons. The summed E-state index contributed by atoms with van der Waals surface area (Å²) in [4.78, 5) is 15.5. The molecule has 0 spiro atoms. The van der Waals surface area contributed by atoms with E-state index >= 15 is 0 Å². The predicted molar refractivity (Wildman–Crippen MR) is 62.0 cm³/mol. The fraction of sp³-hybridized carbons (Fsp3) is 0.400. The Morgan fingerprint density at radius 1 is 1.58 bits per heavy atom. The van der Waals surface area contributed by atoms with E-state index in [2.05, 4.69) is 4.98 Å². The summed E-state index contributed by atoms with van der Waals surface area (Å²) >= 11 is 1.34. The fourth-order valence-electron chi connectivity index (χ4n) is 1.43. The molecule has 9 heteroatoms. The molecule has 2 rings (SSSR count). The normalized spacial score (nSPS) is 15.6. The Morgan fingerprint density at radius 2 is 2.26 bits per heavy atom. The number of carboxylic acid groups (broad SMARTS) is 1. The van der Waals surface area contributed by atoms with Crippen molar-refractivity contribution in [2.75, 3.05) is 0 Å². The summed E-state index contributed by atoms with van der Waals surface area (Å²) in [5.74, 6) is -1.97. The molecule has 0 aliphatic carbocycles. The number of fused-ring (bicyclic) bond motifs is 1. The standard InChI is InChI=1S/C10H10F3N3O2S/c1-9(7(17)18,10(11,12)13)14-4-6-5-16-2-3-19-8(16)15-6/h2-3,5,14H,4H2,1H3,(H,17,18). The Bertz CT molecular complexity index is 578. The Labute approximate surface area is 109 Å². The lowest BCUT2D eigenvalue weighted by Crippen LogP contribution is -2.59.